The monoisotopic (exact) mass is 232 g/mol. The van der Waals surface area contributed by atoms with Crippen molar-refractivity contribution < 1.29 is 4.52 Å². The van der Waals surface area contributed by atoms with E-state index in [1.54, 1.807) is 11.3 Å². The molecule has 0 unspecified atom stereocenters. The minimum atomic E-state index is 0.438. The number of nitrogens with one attached hydrogen (secondary N) is 1. The molecule has 0 atom stereocenters. The number of nitrogens with zero attached hydrogens (tertiary/aromatic N) is 3. The Hall–Kier alpha value is -1.95. The highest BCUT2D eigenvalue weighted by molar-refractivity contribution is 7.13. The summed E-state index contributed by atoms with van der Waals surface area (Å²) in [7, 11) is 0. The predicted molar refractivity (Wildman–Crippen MR) is 59.9 cm³/mol. The molecule has 3 aromatic rings. The summed E-state index contributed by atoms with van der Waals surface area (Å²) in [6.07, 6.45) is 0. The maximum absolute atomic E-state index is 5.15. The second kappa shape index (κ2) is 3.57. The van der Waals surface area contributed by atoms with Crippen molar-refractivity contribution in [2.45, 2.75) is 6.92 Å². The third kappa shape index (κ3) is 1.53. The lowest BCUT2D eigenvalue weighted by Crippen LogP contribution is -1.78. The van der Waals surface area contributed by atoms with Gasteiger partial charge < -0.3 is 4.52 Å². The lowest BCUT2D eigenvalue weighted by Gasteiger charge is -1.82. The van der Waals surface area contributed by atoms with Crippen molar-refractivity contribution in [2.24, 2.45) is 0 Å². The first-order valence-corrected chi connectivity index (χ1v) is 5.61. The largest absolute Gasteiger partial charge is 0.332 e. The highest BCUT2D eigenvalue weighted by Crippen LogP contribution is 2.24. The van der Waals surface area contributed by atoms with Crippen LogP contribution in [-0.2, 0) is 0 Å². The Kier molecular flexibility index (Phi) is 2.07. The molecule has 0 radical (unpaired) electrons. The summed E-state index contributed by atoms with van der Waals surface area (Å²) in [5, 5.41) is 12.8. The molecule has 3 rings (SSSR count). The summed E-state index contributed by atoms with van der Waals surface area (Å²) in [6.45, 7) is 1.92. The van der Waals surface area contributed by atoms with Gasteiger partial charge in [0.15, 0.2) is 5.69 Å². The average molecular weight is 232 g/mol. The van der Waals surface area contributed by atoms with Crippen LogP contribution >= 0.6 is 11.3 Å². The van der Waals surface area contributed by atoms with Crippen LogP contribution < -0.4 is 0 Å². The van der Waals surface area contributed by atoms with Crippen molar-refractivity contribution in [1.29, 1.82) is 0 Å². The number of rotatable bonds is 2. The van der Waals surface area contributed by atoms with Gasteiger partial charge in [-0.05, 0) is 24.4 Å². The number of H-pyrrole nitrogens is 1. The van der Waals surface area contributed by atoms with Crippen LogP contribution in [0.4, 0.5) is 0 Å². The second-order valence-corrected chi connectivity index (χ2v) is 4.28. The van der Waals surface area contributed by atoms with Crippen molar-refractivity contribution in [3.05, 3.63) is 29.3 Å². The minimum absolute atomic E-state index is 0.438. The average Bonchev–Trinajstić information content (AvgIpc) is 2.97. The van der Waals surface area contributed by atoms with Crippen LogP contribution in [0.2, 0.25) is 0 Å². The summed E-state index contributed by atoms with van der Waals surface area (Å²) >= 11 is 1.58. The van der Waals surface area contributed by atoms with Gasteiger partial charge in [-0.2, -0.15) is 10.1 Å². The zero-order chi connectivity index (χ0) is 11.0. The molecule has 0 fully saturated rings. The topological polar surface area (TPSA) is 67.6 Å². The summed E-state index contributed by atoms with van der Waals surface area (Å²) in [6, 6.07) is 5.77. The van der Waals surface area contributed by atoms with Crippen LogP contribution in [0, 0.1) is 6.92 Å². The molecule has 0 bridgehead atoms. The van der Waals surface area contributed by atoms with E-state index in [0.717, 1.165) is 10.6 Å². The summed E-state index contributed by atoms with van der Waals surface area (Å²) in [4.78, 5) is 5.27. The van der Waals surface area contributed by atoms with Crippen LogP contribution in [0.1, 0.15) is 5.69 Å². The van der Waals surface area contributed by atoms with Crippen LogP contribution in [0.5, 0.6) is 0 Å². The van der Waals surface area contributed by atoms with Gasteiger partial charge in [0.2, 0.25) is 5.82 Å². The number of hydrogen-bond donors (Lipinski definition) is 1. The smallest absolute Gasteiger partial charge is 0.278 e. The standard InChI is InChI=1S/C10H8N4OS/c1-6-5-7(13-12-6)10-11-9(14-15-10)8-3-2-4-16-8/h2-5H,1H3,(H,12,13). The van der Waals surface area contributed by atoms with E-state index in [2.05, 4.69) is 20.3 Å². The van der Waals surface area contributed by atoms with Gasteiger partial charge in [0.25, 0.3) is 5.89 Å². The molecule has 0 aliphatic rings. The molecule has 0 spiro atoms. The van der Waals surface area contributed by atoms with Crippen molar-refractivity contribution >= 4 is 11.3 Å². The number of hydrogen-bond acceptors (Lipinski definition) is 5. The quantitative estimate of drug-likeness (QED) is 0.737. The van der Waals surface area contributed by atoms with Crippen molar-refractivity contribution in [3.8, 4) is 22.3 Å². The fourth-order valence-corrected chi connectivity index (χ4v) is 2.01. The normalized spacial score (nSPS) is 10.8. The molecular formula is C10H8N4OS. The lowest BCUT2D eigenvalue weighted by atomic mass is 10.4. The fraction of sp³-hybridized carbons (Fsp3) is 0.100. The molecule has 0 saturated carbocycles. The Balaban J connectivity index is 2.00. The van der Waals surface area contributed by atoms with Gasteiger partial charge in [0, 0.05) is 5.69 Å². The minimum Gasteiger partial charge on any atom is -0.332 e. The van der Waals surface area contributed by atoms with Crippen LogP contribution in [0.3, 0.4) is 0 Å². The van der Waals surface area contributed by atoms with E-state index in [9.17, 15) is 0 Å². The van der Waals surface area contributed by atoms with Gasteiger partial charge in [-0.1, -0.05) is 11.2 Å². The highest BCUT2D eigenvalue weighted by Gasteiger charge is 2.13. The molecule has 16 heavy (non-hydrogen) atoms. The fourth-order valence-electron chi connectivity index (χ4n) is 1.36. The van der Waals surface area contributed by atoms with E-state index < -0.39 is 0 Å². The molecule has 1 N–H and O–H groups in total. The van der Waals surface area contributed by atoms with E-state index in [-0.39, 0.29) is 0 Å². The summed E-state index contributed by atoms with van der Waals surface area (Å²) in [5.41, 5.74) is 1.64. The van der Waals surface area contributed by atoms with Gasteiger partial charge in [0.1, 0.15) is 0 Å². The molecule has 0 aliphatic heterocycles. The number of aromatic nitrogens is 4. The van der Waals surface area contributed by atoms with E-state index >= 15 is 0 Å². The molecule has 0 amide bonds. The molecule has 0 aliphatic carbocycles. The van der Waals surface area contributed by atoms with E-state index in [1.807, 2.05) is 30.5 Å². The lowest BCUT2D eigenvalue weighted by molar-refractivity contribution is 0.431. The number of thiophene rings is 1. The van der Waals surface area contributed by atoms with Gasteiger partial charge in [-0.15, -0.1) is 11.3 Å². The summed E-state index contributed by atoms with van der Waals surface area (Å²) in [5.74, 6) is 1.04. The molecule has 3 aromatic heterocycles. The number of aromatic amines is 1. The molecule has 6 heteroatoms. The van der Waals surface area contributed by atoms with Gasteiger partial charge >= 0.3 is 0 Å². The molecule has 0 aromatic carbocycles. The van der Waals surface area contributed by atoms with E-state index in [1.165, 1.54) is 0 Å². The molecule has 80 valence electrons. The first kappa shape index (κ1) is 9.29. The first-order valence-electron chi connectivity index (χ1n) is 4.73. The van der Waals surface area contributed by atoms with Gasteiger partial charge in [0.05, 0.1) is 4.88 Å². The van der Waals surface area contributed by atoms with Crippen LogP contribution in [0.15, 0.2) is 28.1 Å². The Morgan fingerprint density at radius 3 is 3.06 bits per heavy atom. The highest BCUT2D eigenvalue weighted by atomic mass is 32.1. The van der Waals surface area contributed by atoms with E-state index in [4.69, 9.17) is 4.52 Å². The van der Waals surface area contributed by atoms with Crippen molar-refractivity contribution in [2.75, 3.05) is 0 Å². The molecule has 0 saturated heterocycles. The van der Waals surface area contributed by atoms with Gasteiger partial charge in [-0.3, -0.25) is 5.10 Å². The molecule has 5 nitrogen and oxygen atoms in total. The third-order valence-corrected chi connectivity index (χ3v) is 2.96. The zero-order valence-electron chi connectivity index (χ0n) is 8.47. The molecule has 3 heterocycles. The van der Waals surface area contributed by atoms with Gasteiger partial charge in [-0.25, -0.2) is 0 Å². The maximum Gasteiger partial charge on any atom is 0.278 e. The SMILES string of the molecule is Cc1cc(-c2nc(-c3cccs3)no2)n[nH]1. The van der Waals surface area contributed by atoms with Crippen molar-refractivity contribution in [1.82, 2.24) is 20.3 Å². The Morgan fingerprint density at radius 1 is 1.44 bits per heavy atom. The molecular weight excluding hydrogens is 224 g/mol. The summed E-state index contributed by atoms with van der Waals surface area (Å²) < 4.78 is 5.15. The Morgan fingerprint density at radius 2 is 2.38 bits per heavy atom. The predicted octanol–water partition coefficient (Wildman–Crippen LogP) is 2.50. The van der Waals surface area contributed by atoms with Crippen LogP contribution in [0.25, 0.3) is 22.3 Å². The van der Waals surface area contributed by atoms with Crippen LogP contribution in [-0.4, -0.2) is 20.3 Å². The van der Waals surface area contributed by atoms with E-state index in [0.29, 0.717) is 17.4 Å². The second-order valence-electron chi connectivity index (χ2n) is 3.34. The third-order valence-electron chi connectivity index (χ3n) is 2.09. The van der Waals surface area contributed by atoms with Crippen molar-refractivity contribution in [3.63, 3.8) is 0 Å². The Labute approximate surface area is 95.1 Å². The zero-order valence-corrected chi connectivity index (χ0v) is 9.28. The number of aryl methyl sites for hydroxylation is 1. The first-order chi connectivity index (χ1) is 7.83. The maximum atomic E-state index is 5.15. The Bertz CT molecular complexity index is 596.